The van der Waals surface area contributed by atoms with Crippen LogP contribution in [0.15, 0.2) is 0 Å². The van der Waals surface area contributed by atoms with Crippen LogP contribution in [0.5, 0.6) is 0 Å². The van der Waals surface area contributed by atoms with Crippen molar-refractivity contribution in [1.29, 1.82) is 0 Å². The molecule has 1 aliphatic rings. The predicted octanol–water partition coefficient (Wildman–Crippen LogP) is 1.87. The number of carbonyl (C=O) groups excluding carboxylic acids is 2. The zero-order valence-electron chi connectivity index (χ0n) is 13.8. The first-order valence-corrected chi connectivity index (χ1v) is 8.56. The van der Waals surface area contributed by atoms with Crippen LogP contribution in [0.3, 0.4) is 0 Å². The molecule has 0 radical (unpaired) electrons. The third-order valence-corrected chi connectivity index (χ3v) is 4.34. The molecular weight excluding hydrogens is 288 g/mol. The minimum atomic E-state index is -0.338. The number of rotatable bonds is 6. The number of ether oxygens (including phenoxy) is 1. The zero-order valence-corrected chi connectivity index (χ0v) is 14.6. The fourth-order valence-electron chi connectivity index (χ4n) is 2.17. The van der Waals surface area contributed by atoms with Gasteiger partial charge in [0, 0.05) is 31.9 Å². The first-order chi connectivity index (χ1) is 9.74. The molecule has 5 nitrogen and oxygen atoms in total. The van der Waals surface area contributed by atoms with E-state index in [9.17, 15) is 9.59 Å². The Labute approximate surface area is 132 Å². The summed E-state index contributed by atoms with van der Waals surface area (Å²) in [5.74, 6) is 1.31. The largest absolute Gasteiger partial charge is 0.385 e. The lowest BCUT2D eigenvalue weighted by atomic mass is 9.91. The molecule has 0 aromatic carbocycles. The number of nitrogens with zero attached hydrogens (tertiary/aromatic N) is 1. The van der Waals surface area contributed by atoms with E-state index in [1.807, 2.05) is 27.7 Å². The van der Waals surface area contributed by atoms with E-state index < -0.39 is 0 Å². The van der Waals surface area contributed by atoms with Crippen LogP contribution in [-0.2, 0) is 14.3 Å². The van der Waals surface area contributed by atoms with Crippen molar-refractivity contribution in [1.82, 2.24) is 10.2 Å². The standard InChI is InChI=1S/C15H28N2O3S/c1-11(6-7-20-5)16-14(19)12-9-21-10-17(12)13(18)8-15(2,3)4/h11-12H,6-10H2,1-5H3,(H,16,19). The van der Waals surface area contributed by atoms with Gasteiger partial charge in [-0.1, -0.05) is 20.8 Å². The second kappa shape index (κ2) is 8.03. The Morgan fingerprint density at radius 3 is 2.67 bits per heavy atom. The molecular formula is C15H28N2O3S. The van der Waals surface area contributed by atoms with E-state index in [0.717, 1.165) is 6.42 Å². The van der Waals surface area contributed by atoms with Crippen molar-refractivity contribution in [3.05, 3.63) is 0 Å². The summed E-state index contributed by atoms with van der Waals surface area (Å²) in [7, 11) is 1.65. The molecule has 1 N–H and O–H groups in total. The van der Waals surface area contributed by atoms with Gasteiger partial charge in [-0.15, -0.1) is 11.8 Å². The number of thioether (sulfide) groups is 1. The molecule has 1 aliphatic heterocycles. The number of hydrogen-bond acceptors (Lipinski definition) is 4. The first-order valence-electron chi connectivity index (χ1n) is 7.41. The average Bonchev–Trinajstić information content (AvgIpc) is 2.83. The predicted molar refractivity (Wildman–Crippen MR) is 86.1 cm³/mol. The van der Waals surface area contributed by atoms with Gasteiger partial charge >= 0.3 is 0 Å². The van der Waals surface area contributed by atoms with Gasteiger partial charge in [0.15, 0.2) is 0 Å². The Balaban J connectivity index is 2.56. The zero-order chi connectivity index (χ0) is 16.0. The summed E-state index contributed by atoms with van der Waals surface area (Å²) < 4.78 is 5.01. The monoisotopic (exact) mass is 316 g/mol. The highest BCUT2D eigenvalue weighted by molar-refractivity contribution is 7.99. The van der Waals surface area contributed by atoms with Crippen molar-refractivity contribution in [2.75, 3.05) is 25.3 Å². The molecule has 0 spiro atoms. The number of amides is 2. The minimum Gasteiger partial charge on any atom is -0.385 e. The third-order valence-electron chi connectivity index (χ3n) is 3.33. The molecule has 0 aromatic rings. The van der Waals surface area contributed by atoms with Crippen LogP contribution in [0.1, 0.15) is 40.5 Å². The van der Waals surface area contributed by atoms with Gasteiger partial charge in [0.2, 0.25) is 11.8 Å². The molecule has 6 heteroatoms. The van der Waals surface area contributed by atoms with Crippen LogP contribution < -0.4 is 5.32 Å². The Bertz CT molecular complexity index is 368. The number of nitrogens with one attached hydrogen (secondary N) is 1. The number of methoxy groups -OCH3 is 1. The van der Waals surface area contributed by atoms with Crippen molar-refractivity contribution >= 4 is 23.6 Å². The van der Waals surface area contributed by atoms with Crippen molar-refractivity contribution in [2.45, 2.75) is 52.6 Å². The van der Waals surface area contributed by atoms with E-state index in [4.69, 9.17) is 4.74 Å². The van der Waals surface area contributed by atoms with Gasteiger partial charge in [-0.2, -0.15) is 0 Å². The molecule has 122 valence electrons. The summed E-state index contributed by atoms with van der Waals surface area (Å²) in [6.45, 7) is 8.69. The SMILES string of the molecule is COCCC(C)NC(=O)C1CSCN1C(=O)CC(C)(C)C. The third kappa shape index (κ3) is 6.26. The molecule has 0 saturated carbocycles. The van der Waals surface area contributed by atoms with E-state index in [0.29, 0.717) is 24.7 Å². The van der Waals surface area contributed by atoms with Crippen molar-refractivity contribution in [2.24, 2.45) is 5.41 Å². The fraction of sp³-hybridized carbons (Fsp3) is 0.867. The van der Waals surface area contributed by atoms with Crippen LogP contribution >= 0.6 is 11.8 Å². The smallest absolute Gasteiger partial charge is 0.243 e. The molecule has 1 rings (SSSR count). The van der Waals surface area contributed by atoms with Gasteiger partial charge < -0.3 is 15.0 Å². The molecule has 2 unspecified atom stereocenters. The highest BCUT2D eigenvalue weighted by atomic mass is 32.2. The molecule has 1 heterocycles. The molecule has 21 heavy (non-hydrogen) atoms. The summed E-state index contributed by atoms with van der Waals surface area (Å²) in [6.07, 6.45) is 1.24. The molecule has 0 aromatic heterocycles. The van der Waals surface area contributed by atoms with Gasteiger partial charge in [0.1, 0.15) is 6.04 Å². The molecule has 1 saturated heterocycles. The highest BCUT2D eigenvalue weighted by Gasteiger charge is 2.36. The molecule has 1 fully saturated rings. The summed E-state index contributed by atoms with van der Waals surface area (Å²) in [4.78, 5) is 26.4. The molecule has 0 bridgehead atoms. The van der Waals surface area contributed by atoms with E-state index in [1.165, 1.54) is 0 Å². The van der Waals surface area contributed by atoms with Crippen molar-refractivity contribution in [3.8, 4) is 0 Å². The second-order valence-corrected chi connectivity index (χ2v) is 7.81. The number of hydrogen-bond donors (Lipinski definition) is 1. The maximum absolute atomic E-state index is 12.3. The Morgan fingerprint density at radius 2 is 2.10 bits per heavy atom. The fourth-order valence-corrected chi connectivity index (χ4v) is 3.35. The van der Waals surface area contributed by atoms with Crippen LogP contribution in [0.2, 0.25) is 0 Å². The number of carbonyl (C=O) groups is 2. The summed E-state index contributed by atoms with van der Waals surface area (Å²) in [5, 5.41) is 2.98. The molecule has 2 amide bonds. The Hall–Kier alpha value is -0.750. The first kappa shape index (κ1) is 18.3. The van der Waals surface area contributed by atoms with Gasteiger partial charge in [0.05, 0.1) is 5.88 Å². The molecule has 0 aliphatic carbocycles. The lowest BCUT2D eigenvalue weighted by molar-refractivity contribution is -0.139. The summed E-state index contributed by atoms with van der Waals surface area (Å²) in [6, 6.07) is -0.280. The Kier molecular flexibility index (Phi) is 7.00. The average molecular weight is 316 g/mol. The van der Waals surface area contributed by atoms with Gasteiger partial charge in [0.25, 0.3) is 0 Å². The lowest BCUT2D eigenvalue weighted by Crippen LogP contribution is -2.50. The van der Waals surface area contributed by atoms with Crippen LogP contribution in [0.4, 0.5) is 0 Å². The van der Waals surface area contributed by atoms with Crippen LogP contribution in [0.25, 0.3) is 0 Å². The van der Waals surface area contributed by atoms with Gasteiger partial charge in [-0.05, 0) is 18.8 Å². The van der Waals surface area contributed by atoms with Crippen LogP contribution in [0, 0.1) is 5.41 Å². The van der Waals surface area contributed by atoms with E-state index in [2.05, 4.69) is 5.32 Å². The quantitative estimate of drug-likeness (QED) is 0.813. The topological polar surface area (TPSA) is 58.6 Å². The van der Waals surface area contributed by atoms with E-state index >= 15 is 0 Å². The minimum absolute atomic E-state index is 0.0501. The van der Waals surface area contributed by atoms with Gasteiger partial charge in [-0.3, -0.25) is 9.59 Å². The second-order valence-electron chi connectivity index (χ2n) is 6.81. The maximum Gasteiger partial charge on any atom is 0.243 e. The van der Waals surface area contributed by atoms with Gasteiger partial charge in [-0.25, -0.2) is 0 Å². The Morgan fingerprint density at radius 1 is 1.43 bits per heavy atom. The maximum atomic E-state index is 12.3. The van der Waals surface area contributed by atoms with Crippen molar-refractivity contribution in [3.63, 3.8) is 0 Å². The molecule has 2 atom stereocenters. The summed E-state index contributed by atoms with van der Waals surface area (Å²) >= 11 is 1.64. The van der Waals surface area contributed by atoms with Crippen LogP contribution in [-0.4, -0.2) is 54.1 Å². The van der Waals surface area contributed by atoms with E-state index in [-0.39, 0.29) is 29.3 Å². The van der Waals surface area contributed by atoms with Crippen molar-refractivity contribution < 1.29 is 14.3 Å². The van der Waals surface area contributed by atoms with E-state index in [1.54, 1.807) is 23.8 Å². The lowest BCUT2D eigenvalue weighted by Gasteiger charge is -2.27. The summed E-state index contributed by atoms with van der Waals surface area (Å²) in [5.41, 5.74) is -0.0584. The normalized spacial score (nSPS) is 20.4. The highest BCUT2D eigenvalue weighted by Crippen LogP contribution is 2.26.